The highest BCUT2D eigenvalue weighted by Crippen LogP contribution is 2.23. The smallest absolute Gasteiger partial charge is 0.387 e. The average molecular weight is 314 g/mol. The monoisotopic (exact) mass is 313 g/mol. The molecule has 0 unspecified atom stereocenters. The van der Waals surface area contributed by atoms with E-state index >= 15 is 0 Å². The van der Waals surface area contributed by atoms with Gasteiger partial charge in [-0.25, -0.2) is 0 Å². The van der Waals surface area contributed by atoms with Crippen molar-refractivity contribution in [3.05, 3.63) is 48.2 Å². The van der Waals surface area contributed by atoms with Gasteiger partial charge in [-0.05, 0) is 11.6 Å². The minimum atomic E-state index is -2.82. The van der Waals surface area contributed by atoms with Crippen LogP contribution in [0.3, 0.4) is 0 Å². The number of benzene rings is 1. The summed E-state index contributed by atoms with van der Waals surface area (Å²) < 4.78 is 28.6. The lowest BCUT2D eigenvalue weighted by molar-refractivity contribution is -0.0498. The van der Waals surface area contributed by atoms with Gasteiger partial charge in [-0.1, -0.05) is 40.2 Å². The lowest BCUT2D eigenvalue weighted by Gasteiger charge is -2.06. The minimum Gasteiger partial charge on any atom is -0.435 e. The molecule has 2 nitrogen and oxygen atoms in total. The van der Waals surface area contributed by atoms with E-state index in [4.69, 9.17) is 0 Å². The fraction of sp³-hybridized carbons (Fsp3) is 0.154. The Bertz CT molecular complexity index is 517. The van der Waals surface area contributed by atoms with Crippen molar-refractivity contribution in [3.63, 3.8) is 0 Å². The average Bonchev–Trinajstić information content (AvgIpc) is 2.38. The molecule has 1 aromatic carbocycles. The number of aromatic nitrogens is 1. The van der Waals surface area contributed by atoms with Crippen LogP contribution in [0.2, 0.25) is 0 Å². The van der Waals surface area contributed by atoms with Gasteiger partial charge in [-0.3, -0.25) is 4.98 Å². The highest BCUT2D eigenvalue weighted by atomic mass is 79.9. The van der Waals surface area contributed by atoms with Gasteiger partial charge in [0.15, 0.2) is 0 Å². The van der Waals surface area contributed by atoms with E-state index in [2.05, 4.69) is 25.7 Å². The molecule has 0 aliphatic carbocycles. The summed E-state index contributed by atoms with van der Waals surface area (Å²) in [7, 11) is 0. The van der Waals surface area contributed by atoms with Crippen molar-refractivity contribution in [3.8, 4) is 17.0 Å². The molecule has 18 heavy (non-hydrogen) atoms. The maximum atomic E-state index is 12.1. The third-order valence-electron chi connectivity index (χ3n) is 2.36. The third kappa shape index (κ3) is 3.26. The van der Waals surface area contributed by atoms with Gasteiger partial charge in [0.1, 0.15) is 5.75 Å². The molecule has 0 N–H and O–H groups in total. The van der Waals surface area contributed by atoms with Crippen LogP contribution in [0.5, 0.6) is 5.75 Å². The highest BCUT2D eigenvalue weighted by molar-refractivity contribution is 9.08. The van der Waals surface area contributed by atoms with E-state index in [9.17, 15) is 8.78 Å². The van der Waals surface area contributed by atoms with E-state index in [0.29, 0.717) is 5.69 Å². The van der Waals surface area contributed by atoms with Gasteiger partial charge in [0.05, 0.1) is 5.69 Å². The fourth-order valence-electron chi connectivity index (χ4n) is 1.51. The van der Waals surface area contributed by atoms with Gasteiger partial charge in [0.25, 0.3) is 0 Å². The molecule has 0 saturated carbocycles. The van der Waals surface area contributed by atoms with Crippen molar-refractivity contribution in [1.29, 1.82) is 0 Å². The van der Waals surface area contributed by atoms with Crippen LogP contribution in [0.4, 0.5) is 8.78 Å². The molecule has 5 heteroatoms. The van der Waals surface area contributed by atoms with Crippen LogP contribution < -0.4 is 4.74 Å². The Balaban J connectivity index is 2.26. The van der Waals surface area contributed by atoms with Crippen molar-refractivity contribution < 1.29 is 13.5 Å². The molecule has 0 amide bonds. The molecule has 0 atom stereocenters. The summed E-state index contributed by atoms with van der Waals surface area (Å²) in [4.78, 5) is 4.14. The molecule has 0 radical (unpaired) electrons. The minimum absolute atomic E-state index is 0.111. The highest BCUT2D eigenvalue weighted by Gasteiger charge is 2.06. The topological polar surface area (TPSA) is 22.1 Å². The Hall–Kier alpha value is -1.49. The predicted octanol–water partition coefficient (Wildman–Crippen LogP) is 4.24. The van der Waals surface area contributed by atoms with Gasteiger partial charge in [0.2, 0.25) is 0 Å². The Labute approximate surface area is 112 Å². The molecule has 0 spiro atoms. The summed E-state index contributed by atoms with van der Waals surface area (Å²) in [5.41, 5.74) is 2.60. The van der Waals surface area contributed by atoms with E-state index < -0.39 is 6.61 Å². The van der Waals surface area contributed by atoms with Crippen LogP contribution in [-0.4, -0.2) is 11.6 Å². The maximum absolute atomic E-state index is 12.1. The van der Waals surface area contributed by atoms with E-state index in [-0.39, 0.29) is 5.75 Å². The first-order chi connectivity index (χ1) is 8.69. The molecule has 0 aliphatic heterocycles. The number of halogens is 3. The number of rotatable bonds is 4. The standard InChI is InChI=1S/C13H10BrF2NO/c14-8-9-1-3-10(4-2-9)12-7-11(5-6-17-12)18-13(15)16/h1-7,13H,8H2. The number of nitrogens with zero attached hydrogens (tertiary/aromatic N) is 1. The molecule has 2 rings (SSSR count). The zero-order valence-electron chi connectivity index (χ0n) is 9.32. The molecule has 94 valence electrons. The SMILES string of the molecule is FC(F)Oc1ccnc(-c2ccc(CBr)cc2)c1. The van der Waals surface area contributed by atoms with E-state index in [0.717, 1.165) is 16.5 Å². The van der Waals surface area contributed by atoms with Crippen LogP contribution in [0.25, 0.3) is 11.3 Å². The lowest BCUT2D eigenvalue weighted by Crippen LogP contribution is -2.02. The zero-order valence-corrected chi connectivity index (χ0v) is 10.9. The van der Waals surface area contributed by atoms with Crippen LogP contribution in [0.15, 0.2) is 42.6 Å². The third-order valence-corrected chi connectivity index (χ3v) is 3.01. The second-order valence-electron chi connectivity index (χ2n) is 3.59. The summed E-state index contributed by atoms with van der Waals surface area (Å²) in [6.07, 6.45) is 1.45. The number of pyridine rings is 1. The van der Waals surface area contributed by atoms with Gasteiger partial charge in [-0.2, -0.15) is 8.78 Å². The van der Waals surface area contributed by atoms with Crippen molar-refractivity contribution in [2.45, 2.75) is 11.9 Å². The van der Waals surface area contributed by atoms with Crippen LogP contribution in [0.1, 0.15) is 5.56 Å². The first-order valence-electron chi connectivity index (χ1n) is 5.25. The second kappa shape index (κ2) is 5.91. The van der Waals surface area contributed by atoms with Gasteiger partial charge < -0.3 is 4.74 Å². The van der Waals surface area contributed by atoms with Gasteiger partial charge >= 0.3 is 6.61 Å². The molecule has 0 aliphatic rings. The summed E-state index contributed by atoms with van der Waals surface area (Å²) >= 11 is 3.36. The van der Waals surface area contributed by atoms with E-state index in [1.54, 1.807) is 0 Å². The molecular formula is C13H10BrF2NO. The predicted molar refractivity (Wildman–Crippen MR) is 68.9 cm³/mol. The van der Waals surface area contributed by atoms with E-state index in [1.807, 2.05) is 24.3 Å². The van der Waals surface area contributed by atoms with Crippen molar-refractivity contribution in [2.75, 3.05) is 0 Å². The summed E-state index contributed by atoms with van der Waals surface area (Å²) in [6.45, 7) is -2.82. The Kier molecular flexibility index (Phi) is 4.25. The molecule has 0 saturated heterocycles. The zero-order chi connectivity index (χ0) is 13.0. The number of hydrogen-bond acceptors (Lipinski definition) is 2. The summed E-state index contributed by atoms with van der Waals surface area (Å²) in [5, 5.41) is 0.773. The summed E-state index contributed by atoms with van der Waals surface area (Å²) in [5.74, 6) is 0.111. The molecule has 0 fully saturated rings. The van der Waals surface area contributed by atoms with Gasteiger partial charge in [0, 0.05) is 23.2 Å². The van der Waals surface area contributed by atoms with Crippen LogP contribution in [0, 0.1) is 0 Å². The first-order valence-corrected chi connectivity index (χ1v) is 6.37. The first kappa shape index (κ1) is 13.0. The number of hydrogen-bond donors (Lipinski definition) is 0. The normalized spacial score (nSPS) is 10.7. The maximum Gasteiger partial charge on any atom is 0.387 e. The molecular weight excluding hydrogens is 304 g/mol. The molecule has 2 aromatic rings. The van der Waals surface area contributed by atoms with Crippen LogP contribution in [-0.2, 0) is 5.33 Å². The van der Waals surface area contributed by atoms with Crippen molar-refractivity contribution in [2.24, 2.45) is 0 Å². The Morgan fingerprint density at radius 1 is 1.17 bits per heavy atom. The Morgan fingerprint density at radius 2 is 1.89 bits per heavy atom. The van der Waals surface area contributed by atoms with E-state index in [1.165, 1.54) is 18.3 Å². The quantitative estimate of drug-likeness (QED) is 0.787. The second-order valence-corrected chi connectivity index (χ2v) is 4.15. The number of ether oxygens (including phenoxy) is 1. The molecule has 1 aromatic heterocycles. The molecule has 1 heterocycles. The number of alkyl halides is 3. The summed E-state index contributed by atoms with van der Waals surface area (Å²) in [6, 6.07) is 10.6. The lowest BCUT2D eigenvalue weighted by atomic mass is 10.1. The Morgan fingerprint density at radius 3 is 2.50 bits per heavy atom. The molecule has 0 bridgehead atoms. The fourth-order valence-corrected chi connectivity index (χ4v) is 1.88. The van der Waals surface area contributed by atoms with Gasteiger partial charge in [-0.15, -0.1) is 0 Å². The largest absolute Gasteiger partial charge is 0.435 e. The van der Waals surface area contributed by atoms with Crippen molar-refractivity contribution >= 4 is 15.9 Å². The van der Waals surface area contributed by atoms with Crippen molar-refractivity contribution in [1.82, 2.24) is 4.98 Å². The van der Waals surface area contributed by atoms with Crippen LogP contribution >= 0.6 is 15.9 Å².